The monoisotopic (exact) mass is 441 g/mol. The van der Waals surface area contributed by atoms with E-state index in [1.165, 1.54) is 0 Å². The molecule has 31 heavy (non-hydrogen) atoms. The lowest BCUT2D eigenvalue weighted by Crippen LogP contribution is -2.50. The maximum atomic E-state index is 13.0. The van der Waals surface area contributed by atoms with Gasteiger partial charge in [0.2, 0.25) is 11.8 Å². The smallest absolute Gasteiger partial charge is 0.241 e. The van der Waals surface area contributed by atoms with E-state index in [1.807, 2.05) is 47.4 Å². The Labute approximate surface area is 187 Å². The highest BCUT2D eigenvalue weighted by molar-refractivity contribution is 6.30. The van der Waals surface area contributed by atoms with Crippen LogP contribution >= 0.6 is 11.6 Å². The minimum atomic E-state index is -0.291. The number of piperidine rings is 1. The van der Waals surface area contributed by atoms with Crippen molar-refractivity contribution in [3.05, 3.63) is 58.6 Å². The predicted octanol–water partition coefficient (Wildman–Crippen LogP) is 3.43. The lowest BCUT2D eigenvalue weighted by molar-refractivity contribution is -0.127. The fourth-order valence-electron chi connectivity index (χ4n) is 4.20. The molecule has 164 valence electrons. The highest BCUT2D eigenvalue weighted by Gasteiger charge is 2.30. The number of carbonyl (C=O) groups excluding carboxylic acids is 2. The van der Waals surface area contributed by atoms with Crippen LogP contribution < -0.4 is 15.4 Å². The van der Waals surface area contributed by atoms with E-state index in [2.05, 4.69) is 10.6 Å². The van der Waals surface area contributed by atoms with Crippen molar-refractivity contribution < 1.29 is 14.3 Å². The zero-order valence-corrected chi connectivity index (χ0v) is 18.3. The summed E-state index contributed by atoms with van der Waals surface area (Å²) in [5, 5.41) is 6.71. The Balaban J connectivity index is 1.28. The SMILES string of the molecule is O=C(CN1CCCC[C@H]1C(=O)Nc1ccc2c(c1)CCO2)NCCc1ccc(Cl)cc1. The highest BCUT2D eigenvalue weighted by Crippen LogP contribution is 2.28. The number of hydrogen-bond donors (Lipinski definition) is 2. The van der Waals surface area contributed by atoms with Crippen molar-refractivity contribution in [2.24, 2.45) is 0 Å². The number of nitrogens with one attached hydrogen (secondary N) is 2. The van der Waals surface area contributed by atoms with Gasteiger partial charge >= 0.3 is 0 Å². The minimum absolute atomic E-state index is 0.0486. The first kappa shape index (κ1) is 21.7. The molecule has 2 aromatic rings. The van der Waals surface area contributed by atoms with Crippen LogP contribution in [0.25, 0.3) is 0 Å². The molecule has 1 atom stereocenters. The van der Waals surface area contributed by atoms with Crippen molar-refractivity contribution in [3.8, 4) is 5.75 Å². The fraction of sp³-hybridized carbons (Fsp3) is 0.417. The number of halogens is 1. The molecule has 1 saturated heterocycles. The number of fused-ring (bicyclic) bond motifs is 1. The molecule has 7 heteroatoms. The van der Waals surface area contributed by atoms with E-state index >= 15 is 0 Å². The Bertz CT molecular complexity index is 932. The summed E-state index contributed by atoms with van der Waals surface area (Å²) in [5.74, 6) is 0.795. The van der Waals surface area contributed by atoms with Crippen LogP contribution in [0, 0.1) is 0 Å². The summed E-state index contributed by atoms with van der Waals surface area (Å²) in [5.41, 5.74) is 3.03. The molecule has 2 aromatic carbocycles. The first-order chi connectivity index (χ1) is 15.1. The molecule has 2 aliphatic rings. The van der Waals surface area contributed by atoms with Crippen LogP contribution in [-0.2, 0) is 22.4 Å². The van der Waals surface area contributed by atoms with Crippen molar-refractivity contribution in [1.29, 1.82) is 0 Å². The summed E-state index contributed by atoms with van der Waals surface area (Å²) < 4.78 is 5.53. The average molecular weight is 442 g/mol. The second-order valence-corrected chi connectivity index (χ2v) is 8.56. The molecule has 2 aliphatic heterocycles. The molecular formula is C24H28ClN3O3. The van der Waals surface area contributed by atoms with Gasteiger partial charge in [-0.05, 0) is 67.3 Å². The number of ether oxygens (including phenoxy) is 1. The quantitative estimate of drug-likeness (QED) is 0.690. The van der Waals surface area contributed by atoms with Crippen LogP contribution in [0.5, 0.6) is 5.75 Å². The lowest BCUT2D eigenvalue weighted by Gasteiger charge is -2.34. The Morgan fingerprint density at radius 1 is 1.13 bits per heavy atom. The van der Waals surface area contributed by atoms with Gasteiger partial charge in [-0.3, -0.25) is 14.5 Å². The second kappa shape index (κ2) is 10.2. The van der Waals surface area contributed by atoms with Crippen molar-refractivity contribution in [3.63, 3.8) is 0 Å². The number of hydrogen-bond acceptors (Lipinski definition) is 4. The van der Waals surface area contributed by atoms with Crippen LogP contribution in [0.15, 0.2) is 42.5 Å². The molecule has 0 saturated carbocycles. The minimum Gasteiger partial charge on any atom is -0.493 e. The van der Waals surface area contributed by atoms with Gasteiger partial charge in [0.05, 0.1) is 19.2 Å². The Morgan fingerprint density at radius 3 is 2.81 bits per heavy atom. The average Bonchev–Trinajstić information content (AvgIpc) is 3.23. The van der Waals surface area contributed by atoms with Gasteiger partial charge in [-0.2, -0.15) is 0 Å². The summed E-state index contributed by atoms with van der Waals surface area (Å²) in [6.07, 6.45) is 4.36. The van der Waals surface area contributed by atoms with Crippen molar-refractivity contribution >= 4 is 29.1 Å². The van der Waals surface area contributed by atoms with Gasteiger partial charge in [-0.1, -0.05) is 30.2 Å². The number of anilines is 1. The Hall–Kier alpha value is -2.57. The van der Waals surface area contributed by atoms with Crippen molar-refractivity contribution in [1.82, 2.24) is 10.2 Å². The summed E-state index contributed by atoms with van der Waals surface area (Å²) in [7, 11) is 0. The van der Waals surface area contributed by atoms with Gasteiger partial charge < -0.3 is 15.4 Å². The first-order valence-corrected chi connectivity index (χ1v) is 11.3. The lowest BCUT2D eigenvalue weighted by atomic mass is 10.0. The van der Waals surface area contributed by atoms with Crippen LogP contribution in [0.4, 0.5) is 5.69 Å². The largest absolute Gasteiger partial charge is 0.493 e. The molecule has 1 fully saturated rings. The molecule has 0 unspecified atom stereocenters. The summed E-state index contributed by atoms with van der Waals surface area (Å²) in [6.45, 7) is 2.23. The third kappa shape index (κ3) is 5.77. The van der Waals surface area contributed by atoms with Crippen molar-refractivity contribution in [2.45, 2.75) is 38.1 Å². The highest BCUT2D eigenvalue weighted by atomic mass is 35.5. The maximum Gasteiger partial charge on any atom is 0.241 e. The first-order valence-electron chi connectivity index (χ1n) is 10.9. The van der Waals surface area contributed by atoms with Crippen LogP contribution in [-0.4, -0.2) is 49.0 Å². The van der Waals surface area contributed by atoms with Crippen molar-refractivity contribution in [2.75, 3.05) is 31.6 Å². The molecule has 0 aliphatic carbocycles. The standard InChI is InChI=1S/C24H28ClN3O3/c25-19-6-4-17(5-7-19)10-12-26-23(29)16-28-13-2-1-3-21(28)24(30)27-20-8-9-22-18(15-20)11-14-31-22/h4-9,15,21H,1-3,10-14,16H2,(H,26,29)(H,27,30)/t21-/m0/s1. The third-order valence-corrected chi connectivity index (χ3v) is 6.12. The maximum absolute atomic E-state index is 13.0. The van der Waals surface area contributed by atoms with Gasteiger partial charge in [-0.25, -0.2) is 0 Å². The van der Waals surface area contributed by atoms with Crippen LogP contribution in [0.3, 0.4) is 0 Å². The van der Waals surface area contributed by atoms with E-state index in [0.717, 1.165) is 61.2 Å². The Morgan fingerprint density at radius 2 is 1.97 bits per heavy atom. The topological polar surface area (TPSA) is 70.7 Å². The van der Waals surface area contributed by atoms with Gasteiger partial charge in [0.1, 0.15) is 5.75 Å². The zero-order valence-electron chi connectivity index (χ0n) is 17.5. The van der Waals surface area contributed by atoms with E-state index in [9.17, 15) is 9.59 Å². The van der Waals surface area contributed by atoms with E-state index in [-0.39, 0.29) is 24.4 Å². The Kier molecular flexibility index (Phi) is 7.10. The van der Waals surface area contributed by atoms with Gasteiger partial charge in [0.25, 0.3) is 0 Å². The molecule has 2 heterocycles. The molecule has 2 amide bonds. The number of carbonyl (C=O) groups is 2. The number of likely N-dealkylation sites (tertiary alicyclic amines) is 1. The van der Waals surface area contributed by atoms with Gasteiger partial charge in [-0.15, -0.1) is 0 Å². The molecule has 0 aromatic heterocycles. The summed E-state index contributed by atoms with van der Waals surface area (Å²) in [4.78, 5) is 27.4. The molecule has 0 bridgehead atoms. The number of rotatable bonds is 7. The number of amides is 2. The van der Waals surface area contributed by atoms with E-state index in [1.54, 1.807) is 0 Å². The number of benzene rings is 2. The predicted molar refractivity (Wildman–Crippen MR) is 122 cm³/mol. The van der Waals surface area contributed by atoms with Crippen LogP contribution in [0.1, 0.15) is 30.4 Å². The molecule has 6 nitrogen and oxygen atoms in total. The van der Waals surface area contributed by atoms with E-state index < -0.39 is 0 Å². The second-order valence-electron chi connectivity index (χ2n) is 8.12. The van der Waals surface area contributed by atoms with Crippen LogP contribution in [0.2, 0.25) is 5.02 Å². The van der Waals surface area contributed by atoms with E-state index in [0.29, 0.717) is 18.2 Å². The fourth-order valence-corrected chi connectivity index (χ4v) is 4.33. The third-order valence-electron chi connectivity index (χ3n) is 5.87. The molecule has 4 rings (SSSR count). The molecule has 0 radical (unpaired) electrons. The molecule has 2 N–H and O–H groups in total. The van der Waals surface area contributed by atoms with Gasteiger partial charge in [0.15, 0.2) is 0 Å². The number of nitrogens with zero attached hydrogens (tertiary/aromatic N) is 1. The molecular weight excluding hydrogens is 414 g/mol. The molecule has 0 spiro atoms. The van der Waals surface area contributed by atoms with Gasteiger partial charge in [0, 0.05) is 23.7 Å². The van der Waals surface area contributed by atoms with E-state index in [4.69, 9.17) is 16.3 Å². The normalized spacial score (nSPS) is 18.2. The summed E-state index contributed by atoms with van der Waals surface area (Å²) >= 11 is 5.91. The zero-order chi connectivity index (χ0) is 21.6. The summed E-state index contributed by atoms with van der Waals surface area (Å²) in [6, 6.07) is 13.1.